The first-order valence-electron chi connectivity index (χ1n) is 5.94. The molecule has 2 rings (SSSR count). The Balaban J connectivity index is 2.25. The lowest BCUT2D eigenvalue weighted by atomic mass is 10.1. The highest BCUT2D eigenvalue weighted by molar-refractivity contribution is 5.61. The highest BCUT2D eigenvalue weighted by Gasteiger charge is 2.15. The van der Waals surface area contributed by atoms with Crippen LogP contribution in [0.1, 0.15) is 18.5 Å². The number of nitro groups is 1. The number of benzene rings is 2. The van der Waals surface area contributed by atoms with E-state index in [1.807, 2.05) is 0 Å². The number of hydrogen-bond donors (Lipinski definition) is 1. The van der Waals surface area contributed by atoms with E-state index in [9.17, 15) is 18.9 Å². The summed E-state index contributed by atoms with van der Waals surface area (Å²) in [6.45, 7) is 1.71. The summed E-state index contributed by atoms with van der Waals surface area (Å²) in [6.07, 6.45) is 0. The summed E-state index contributed by atoms with van der Waals surface area (Å²) in [5.74, 6) is -1.87. The molecule has 0 aliphatic rings. The Bertz CT molecular complexity index is 647. The molecule has 0 bridgehead atoms. The normalized spacial score (nSPS) is 11.9. The largest absolute Gasteiger partial charge is 0.373 e. The van der Waals surface area contributed by atoms with Crippen LogP contribution in [0.5, 0.6) is 0 Å². The predicted octanol–water partition coefficient (Wildman–Crippen LogP) is 4.05. The third-order valence-corrected chi connectivity index (χ3v) is 2.92. The van der Waals surface area contributed by atoms with Crippen molar-refractivity contribution in [2.45, 2.75) is 13.0 Å². The Morgan fingerprint density at radius 2 is 1.85 bits per heavy atom. The number of halogens is 2. The van der Waals surface area contributed by atoms with E-state index in [1.54, 1.807) is 25.1 Å². The Kier molecular flexibility index (Phi) is 3.93. The molecule has 0 aromatic heterocycles. The smallest absolute Gasteiger partial charge is 0.292 e. The first-order valence-corrected chi connectivity index (χ1v) is 5.94. The van der Waals surface area contributed by atoms with Crippen LogP contribution in [0.4, 0.5) is 20.2 Å². The fraction of sp³-hybridized carbons (Fsp3) is 0.143. The van der Waals surface area contributed by atoms with E-state index in [-0.39, 0.29) is 5.69 Å². The van der Waals surface area contributed by atoms with Crippen molar-refractivity contribution in [1.29, 1.82) is 0 Å². The van der Waals surface area contributed by atoms with Crippen LogP contribution in [-0.2, 0) is 0 Å². The minimum Gasteiger partial charge on any atom is -0.373 e. The van der Waals surface area contributed by atoms with Gasteiger partial charge in [-0.3, -0.25) is 10.1 Å². The molecule has 0 spiro atoms. The van der Waals surface area contributed by atoms with Gasteiger partial charge in [-0.15, -0.1) is 0 Å². The zero-order valence-corrected chi connectivity index (χ0v) is 10.6. The number of nitrogens with one attached hydrogen (secondary N) is 1. The van der Waals surface area contributed by atoms with Crippen LogP contribution < -0.4 is 5.32 Å². The molecule has 0 aliphatic heterocycles. The third kappa shape index (κ3) is 2.90. The van der Waals surface area contributed by atoms with Crippen molar-refractivity contribution in [3.05, 3.63) is 69.8 Å². The van der Waals surface area contributed by atoms with Crippen LogP contribution in [0.15, 0.2) is 42.5 Å². The van der Waals surface area contributed by atoms with Gasteiger partial charge in [-0.25, -0.2) is 8.78 Å². The molecule has 0 heterocycles. The van der Waals surface area contributed by atoms with Gasteiger partial charge in [0.05, 0.1) is 4.92 Å². The Hall–Kier alpha value is -2.50. The fourth-order valence-corrected chi connectivity index (χ4v) is 1.85. The quantitative estimate of drug-likeness (QED) is 0.678. The van der Waals surface area contributed by atoms with Crippen molar-refractivity contribution in [1.82, 2.24) is 0 Å². The summed E-state index contributed by atoms with van der Waals surface area (Å²) in [4.78, 5) is 10.4. The van der Waals surface area contributed by atoms with Crippen LogP contribution in [0.3, 0.4) is 0 Å². The van der Waals surface area contributed by atoms with Gasteiger partial charge in [0, 0.05) is 12.1 Å². The lowest BCUT2D eigenvalue weighted by Crippen LogP contribution is -2.08. The third-order valence-electron chi connectivity index (χ3n) is 2.92. The molecule has 0 fully saturated rings. The zero-order valence-electron chi connectivity index (χ0n) is 10.6. The molecule has 6 heteroatoms. The molecule has 1 unspecified atom stereocenters. The molecule has 2 aromatic rings. The van der Waals surface area contributed by atoms with Crippen LogP contribution in [0.2, 0.25) is 0 Å². The Morgan fingerprint density at radius 1 is 1.15 bits per heavy atom. The zero-order chi connectivity index (χ0) is 14.7. The van der Waals surface area contributed by atoms with Crippen molar-refractivity contribution in [3.8, 4) is 0 Å². The molecule has 104 valence electrons. The molecule has 0 saturated carbocycles. The number of nitro benzene ring substituents is 1. The first-order chi connectivity index (χ1) is 9.49. The molecular weight excluding hydrogens is 266 g/mol. The summed E-state index contributed by atoms with van der Waals surface area (Å²) in [6, 6.07) is 9.30. The van der Waals surface area contributed by atoms with Gasteiger partial charge in [-0.2, -0.15) is 0 Å². The van der Waals surface area contributed by atoms with Gasteiger partial charge in [0.15, 0.2) is 11.6 Å². The second kappa shape index (κ2) is 5.64. The molecule has 0 aliphatic carbocycles. The van der Waals surface area contributed by atoms with E-state index in [2.05, 4.69) is 5.32 Å². The summed E-state index contributed by atoms with van der Waals surface area (Å²) in [5.41, 5.74) is 0.763. The van der Waals surface area contributed by atoms with Crippen LogP contribution in [0, 0.1) is 21.7 Å². The Labute approximate surface area is 114 Å². The minimum absolute atomic E-state index is 0.0677. The molecule has 2 aromatic carbocycles. The van der Waals surface area contributed by atoms with E-state index in [0.29, 0.717) is 11.3 Å². The summed E-state index contributed by atoms with van der Waals surface area (Å²) in [7, 11) is 0. The average Bonchev–Trinajstić information content (AvgIpc) is 2.42. The molecule has 20 heavy (non-hydrogen) atoms. The maximum atomic E-state index is 13.2. The topological polar surface area (TPSA) is 55.2 Å². The maximum Gasteiger partial charge on any atom is 0.292 e. The molecule has 1 N–H and O–H groups in total. The van der Waals surface area contributed by atoms with Crippen LogP contribution in [0.25, 0.3) is 0 Å². The van der Waals surface area contributed by atoms with E-state index in [4.69, 9.17) is 0 Å². The van der Waals surface area contributed by atoms with Gasteiger partial charge in [0.1, 0.15) is 5.69 Å². The molecule has 0 radical (unpaired) electrons. The van der Waals surface area contributed by atoms with Gasteiger partial charge >= 0.3 is 0 Å². The van der Waals surface area contributed by atoms with Crippen molar-refractivity contribution in [2.24, 2.45) is 0 Å². The second-order valence-corrected chi connectivity index (χ2v) is 4.31. The summed E-state index contributed by atoms with van der Waals surface area (Å²) < 4.78 is 26.0. The van der Waals surface area contributed by atoms with Gasteiger partial charge in [0.25, 0.3) is 5.69 Å². The van der Waals surface area contributed by atoms with Gasteiger partial charge in [-0.1, -0.05) is 18.2 Å². The Morgan fingerprint density at radius 3 is 2.50 bits per heavy atom. The van der Waals surface area contributed by atoms with Crippen molar-refractivity contribution in [3.63, 3.8) is 0 Å². The standard InChI is InChI=1S/C14H12F2N2O2/c1-9(10-6-7-11(15)12(16)8-10)17-13-4-2-3-5-14(13)18(19)20/h2-9,17H,1H3. The maximum absolute atomic E-state index is 13.2. The van der Waals surface area contributed by atoms with E-state index in [1.165, 1.54) is 12.1 Å². The lowest BCUT2D eigenvalue weighted by Gasteiger charge is -2.15. The summed E-state index contributed by atoms with van der Waals surface area (Å²) >= 11 is 0. The van der Waals surface area contributed by atoms with Gasteiger partial charge in [-0.05, 0) is 30.7 Å². The lowest BCUT2D eigenvalue weighted by molar-refractivity contribution is -0.384. The van der Waals surface area contributed by atoms with E-state index < -0.39 is 22.6 Å². The number of hydrogen-bond acceptors (Lipinski definition) is 3. The molecule has 4 nitrogen and oxygen atoms in total. The first kappa shape index (κ1) is 13.9. The fourth-order valence-electron chi connectivity index (χ4n) is 1.85. The SMILES string of the molecule is CC(Nc1ccccc1[N+](=O)[O-])c1ccc(F)c(F)c1. The number of para-hydroxylation sites is 2. The van der Waals surface area contributed by atoms with E-state index in [0.717, 1.165) is 12.1 Å². The molecule has 0 saturated heterocycles. The predicted molar refractivity (Wildman–Crippen MR) is 71.5 cm³/mol. The average molecular weight is 278 g/mol. The van der Waals surface area contributed by atoms with Crippen molar-refractivity contribution >= 4 is 11.4 Å². The van der Waals surface area contributed by atoms with Gasteiger partial charge < -0.3 is 5.32 Å². The van der Waals surface area contributed by atoms with Gasteiger partial charge in [0.2, 0.25) is 0 Å². The number of anilines is 1. The summed E-state index contributed by atoms with van der Waals surface area (Å²) in [5, 5.41) is 13.8. The molecule has 0 amide bonds. The van der Waals surface area contributed by atoms with Crippen LogP contribution >= 0.6 is 0 Å². The monoisotopic (exact) mass is 278 g/mol. The highest BCUT2D eigenvalue weighted by atomic mass is 19.2. The minimum atomic E-state index is -0.946. The highest BCUT2D eigenvalue weighted by Crippen LogP contribution is 2.28. The molecular formula is C14H12F2N2O2. The number of rotatable bonds is 4. The number of nitrogens with zero attached hydrogens (tertiary/aromatic N) is 1. The van der Waals surface area contributed by atoms with Crippen LogP contribution in [-0.4, -0.2) is 4.92 Å². The van der Waals surface area contributed by atoms with E-state index >= 15 is 0 Å². The van der Waals surface area contributed by atoms with Crippen molar-refractivity contribution in [2.75, 3.05) is 5.32 Å². The van der Waals surface area contributed by atoms with Crippen molar-refractivity contribution < 1.29 is 13.7 Å². The second-order valence-electron chi connectivity index (χ2n) is 4.31. The molecule has 1 atom stereocenters.